The second kappa shape index (κ2) is 25.8. The van der Waals surface area contributed by atoms with Crippen LogP contribution in [0.4, 0.5) is 0 Å². The summed E-state index contributed by atoms with van der Waals surface area (Å²) in [6.07, 6.45) is 25.0. The van der Waals surface area contributed by atoms with Crippen molar-refractivity contribution in [3.05, 3.63) is 59.3 Å². The SMILES string of the molecule is Cc1cnc2c(c1)C(CCCCCCN(CCCN(C)C)CCCN(C)C)(CCCCCCN(CCCN(C)C)CCCN(C)C)c1cc(-c3cnc(C)cn3)cnc1-2. The van der Waals surface area contributed by atoms with Crippen molar-refractivity contribution in [1.29, 1.82) is 0 Å². The first kappa shape index (κ1) is 48.8. The van der Waals surface area contributed by atoms with Crippen LogP contribution >= 0.6 is 0 Å². The van der Waals surface area contributed by atoms with Gasteiger partial charge in [0.25, 0.3) is 0 Å². The minimum Gasteiger partial charge on any atom is -0.309 e. The fourth-order valence-corrected chi connectivity index (χ4v) is 8.98. The van der Waals surface area contributed by atoms with Crippen LogP contribution in [0.5, 0.6) is 0 Å². The smallest absolute Gasteiger partial charge is 0.0930 e. The van der Waals surface area contributed by atoms with Crippen LogP contribution in [-0.2, 0) is 5.41 Å². The lowest BCUT2D eigenvalue weighted by atomic mass is 9.70. The van der Waals surface area contributed by atoms with Crippen LogP contribution in [0.2, 0.25) is 0 Å². The highest BCUT2D eigenvalue weighted by atomic mass is 15.1. The monoisotopic (exact) mass is 813 g/mol. The maximum Gasteiger partial charge on any atom is 0.0930 e. The number of unbranched alkanes of at least 4 members (excludes halogenated alkanes) is 6. The van der Waals surface area contributed by atoms with Gasteiger partial charge >= 0.3 is 0 Å². The average molecular weight is 813 g/mol. The van der Waals surface area contributed by atoms with Crippen molar-refractivity contribution in [1.82, 2.24) is 49.3 Å². The maximum absolute atomic E-state index is 5.17. The molecule has 0 aromatic carbocycles. The van der Waals surface area contributed by atoms with Gasteiger partial charge in [0.15, 0.2) is 0 Å². The van der Waals surface area contributed by atoms with Gasteiger partial charge in [-0.25, -0.2) is 0 Å². The van der Waals surface area contributed by atoms with E-state index >= 15 is 0 Å². The minimum atomic E-state index is -0.0976. The summed E-state index contributed by atoms with van der Waals surface area (Å²) in [7, 11) is 17.5. The number of pyridine rings is 2. The lowest BCUT2D eigenvalue weighted by molar-refractivity contribution is 0.235. The fourth-order valence-electron chi connectivity index (χ4n) is 8.98. The Balaban J connectivity index is 1.47. The van der Waals surface area contributed by atoms with Crippen LogP contribution in [0.1, 0.15) is 112 Å². The van der Waals surface area contributed by atoms with Gasteiger partial charge in [-0.2, -0.15) is 0 Å². The van der Waals surface area contributed by atoms with E-state index in [1.165, 1.54) is 133 Å². The summed E-state index contributed by atoms with van der Waals surface area (Å²) in [5, 5.41) is 0. The molecule has 10 nitrogen and oxygen atoms in total. The molecule has 0 bridgehead atoms. The number of hydrogen-bond acceptors (Lipinski definition) is 10. The molecule has 1 aliphatic carbocycles. The summed E-state index contributed by atoms with van der Waals surface area (Å²) in [4.78, 5) is 34.3. The lowest BCUT2D eigenvalue weighted by Gasteiger charge is -2.33. The largest absolute Gasteiger partial charge is 0.309 e. The molecule has 330 valence electrons. The normalized spacial score (nSPS) is 13.6. The first-order valence-electron chi connectivity index (χ1n) is 23.2. The van der Waals surface area contributed by atoms with Gasteiger partial charge in [0.2, 0.25) is 0 Å². The Hall–Kier alpha value is -2.86. The Morgan fingerprint density at radius 2 is 0.831 bits per heavy atom. The Morgan fingerprint density at radius 1 is 0.407 bits per heavy atom. The number of aromatic nitrogens is 4. The van der Waals surface area contributed by atoms with Crippen LogP contribution in [0, 0.1) is 13.8 Å². The Labute approximate surface area is 361 Å². The fraction of sp³-hybridized carbons (Fsp3) is 0.714. The van der Waals surface area contributed by atoms with E-state index in [1.54, 1.807) is 0 Å². The number of nitrogens with zero attached hydrogens (tertiary/aromatic N) is 10. The Bertz CT molecular complexity index is 1530. The predicted octanol–water partition coefficient (Wildman–Crippen LogP) is 8.13. The molecule has 0 atom stereocenters. The summed E-state index contributed by atoms with van der Waals surface area (Å²) in [6.45, 7) is 16.0. The summed E-state index contributed by atoms with van der Waals surface area (Å²) in [5.41, 5.74) is 8.92. The molecule has 59 heavy (non-hydrogen) atoms. The van der Waals surface area contributed by atoms with E-state index in [-0.39, 0.29) is 5.41 Å². The molecule has 3 aromatic heterocycles. The van der Waals surface area contributed by atoms with Crippen LogP contribution < -0.4 is 0 Å². The molecule has 0 saturated heterocycles. The highest BCUT2D eigenvalue weighted by Gasteiger charge is 2.44. The number of fused-ring (bicyclic) bond motifs is 3. The molecule has 0 unspecified atom stereocenters. The van der Waals surface area contributed by atoms with Crippen molar-refractivity contribution in [3.63, 3.8) is 0 Å². The highest BCUT2D eigenvalue weighted by Crippen LogP contribution is 2.53. The van der Waals surface area contributed by atoms with E-state index in [0.29, 0.717) is 0 Å². The van der Waals surface area contributed by atoms with Crippen molar-refractivity contribution < 1.29 is 0 Å². The van der Waals surface area contributed by atoms with Crippen LogP contribution in [0.25, 0.3) is 22.6 Å². The molecular formula is C49H84N10. The second-order valence-electron chi connectivity index (χ2n) is 18.8. The summed E-state index contributed by atoms with van der Waals surface area (Å²) in [6, 6.07) is 4.84. The van der Waals surface area contributed by atoms with Crippen molar-refractivity contribution in [2.75, 3.05) is 122 Å². The third-order valence-corrected chi connectivity index (χ3v) is 12.2. The third kappa shape index (κ3) is 16.5. The second-order valence-corrected chi connectivity index (χ2v) is 18.8. The Morgan fingerprint density at radius 3 is 1.27 bits per heavy atom. The zero-order chi connectivity index (χ0) is 42.6. The molecule has 1 aliphatic rings. The minimum absolute atomic E-state index is 0.0976. The van der Waals surface area contributed by atoms with E-state index < -0.39 is 0 Å². The highest BCUT2D eigenvalue weighted by molar-refractivity contribution is 5.78. The molecule has 0 amide bonds. The zero-order valence-corrected chi connectivity index (χ0v) is 39.4. The molecule has 3 aromatic rings. The molecule has 0 N–H and O–H groups in total. The average Bonchev–Trinajstić information content (AvgIpc) is 3.44. The topological polar surface area (TPSA) is 71.0 Å². The summed E-state index contributed by atoms with van der Waals surface area (Å²) >= 11 is 0. The Kier molecular flexibility index (Phi) is 21.3. The zero-order valence-electron chi connectivity index (χ0n) is 39.4. The van der Waals surface area contributed by atoms with Gasteiger partial charge in [-0.05, 0) is 210 Å². The van der Waals surface area contributed by atoms with E-state index in [2.05, 4.69) is 110 Å². The first-order valence-corrected chi connectivity index (χ1v) is 23.2. The van der Waals surface area contributed by atoms with Gasteiger partial charge in [0.05, 0.1) is 29.0 Å². The quantitative estimate of drug-likeness (QED) is 0.0596. The molecule has 10 heteroatoms. The van der Waals surface area contributed by atoms with E-state index in [9.17, 15) is 0 Å². The number of hydrogen-bond donors (Lipinski definition) is 0. The van der Waals surface area contributed by atoms with E-state index in [0.717, 1.165) is 67.4 Å². The van der Waals surface area contributed by atoms with Crippen molar-refractivity contribution in [3.8, 4) is 22.6 Å². The molecular weight excluding hydrogens is 729 g/mol. The van der Waals surface area contributed by atoms with Gasteiger partial charge in [-0.1, -0.05) is 44.6 Å². The summed E-state index contributed by atoms with van der Waals surface area (Å²) < 4.78 is 0. The number of aryl methyl sites for hydroxylation is 2. The van der Waals surface area contributed by atoms with Crippen LogP contribution in [-0.4, -0.2) is 171 Å². The van der Waals surface area contributed by atoms with Crippen molar-refractivity contribution in [2.24, 2.45) is 0 Å². The van der Waals surface area contributed by atoms with Gasteiger partial charge in [-0.3, -0.25) is 19.9 Å². The molecule has 0 radical (unpaired) electrons. The van der Waals surface area contributed by atoms with Crippen LogP contribution in [0.3, 0.4) is 0 Å². The molecule has 3 heterocycles. The third-order valence-electron chi connectivity index (χ3n) is 12.2. The molecule has 0 spiro atoms. The van der Waals surface area contributed by atoms with E-state index in [4.69, 9.17) is 15.0 Å². The first-order chi connectivity index (χ1) is 28.4. The van der Waals surface area contributed by atoms with Gasteiger partial charge in [-0.15, -0.1) is 0 Å². The van der Waals surface area contributed by atoms with Gasteiger partial charge < -0.3 is 29.4 Å². The summed E-state index contributed by atoms with van der Waals surface area (Å²) in [5.74, 6) is 0. The van der Waals surface area contributed by atoms with Crippen LogP contribution in [0.15, 0.2) is 36.9 Å². The lowest BCUT2D eigenvalue weighted by Crippen LogP contribution is -2.31. The maximum atomic E-state index is 5.17. The molecule has 0 fully saturated rings. The molecule has 4 rings (SSSR count). The van der Waals surface area contributed by atoms with Crippen molar-refractivity contribution in [2.45, 2.75) is 109 Å². The van der Waals surface area contributed by atoms with Gasteiger partial charge in [0.1, 0.15) is 0 Å². The molecule has 0 saturated carbocycles. The standard InChI is InChI=1S/C49H84N10/c1-41-35-44-47(52-37-41)48-45(36-43(39-53-48)46-40-50-42(2)38-51-46)49(44,23-15-11-13-17-29-58(31-19-25-54(3)4)32-20-26-55(5)6)24-16-12-14-18-30-59(33-21-27-56(7)8)34-22-28-57(9)10/h35-40H,11-34H2,1-10H3. The predicted molar refractivity (Wildman–Crippen MR) is 250 cm³/mol. The number of rotatable bonds is 31. The molecule has 0 aliphatic heterocycles. The van der Waals surface area contributed by atoms with E-state index in [1.807, 2.05) is 31.7 Å². The van der Waals surface area contributed by atoms with Crippen molar-refractivity contribution >= 4 is 0 Å². The van der Waals surface area contributed by atoms with Gasteiger partial charge in [0, 0.05) is 29.6 Å².